The first-order valence-electron chi connectivity index (χ1n) is 30.0. The molecule has 1 unspecified atom stereocenters. The molecule has 0 spiro atoms. The normalized spacial score (nSPS) is 12.2. The molecule has 0 aliphatic heterocycles. The Labute approximate surface area is 423 Å². The van der Waals surface area contributed by atoms with Crippen molar-refractivity contribution in [2.24, 2.45) is 0 Å². The van der Waals surface area contributed by atoms with Crippen molar-refractivity contribution in [2.45, 2.75) is 329 Å². The summed E-state index contributed by atoms with van der Waals surface area (Å²) < 4.78 is 16.9. The van der Waals surface area contributed by atoms with Crippen LogP contribution in [0.25, 0.3) is 0 Å². The Morgan fingerprint density at radius 1 is 0.294 bits per heavy atom. The zero-order valence-corrected chi connectivity index (χ0v) is 45.6. The minimum atomic E-state index is -0.780. The molecule has 6 nitrogen and oxygen atoms in total. The van der Waals surface area contributed by atoms with Crippen molar-refractivity contribution >= 4 is 17.9 Å². The second kappa shape index (κ2) is 57.2. The molecule has 0 amide bonds. The fourth-order valence-corrected chi connectivity index (χ4v) is 8.82. The van der Waals surface area contributed by atoms with E-state index in [-0.39, 0.29) is 31.1 Å². The van der Waals surface area contributed by atoms with Crippen LogP contribution in [0.2, 0.25) is 0 Å². The summed E-state index contributed by atoms with van der Waals surface area (Å²) >= 11 is 0. The lowest BCUT2D eigenvalue weighted by Gasteiger charge is -2.18. The summed E-state index contributed by atoms with van der Waals surface area (Å²) in [7, 11) is 0. The minimum absolute atomic E-state index is 0.0770. The molecule has 0 aliphatic carbocycles. The molecule has 398 valence electrons. The number of unbranched alkanes of at least 4 members (excludes halogenated alkanes) is 38. The maximum atomic E-state index is 12.8. The van der Waals surface area contributed by atoms with E-state index in [4.69, 9.17) is 14.2 Å². The number of esters is 3. The molecule has 6 heteroatoms. The Bertz CT molecular complexity index is 1140. The highest BCUT2D eigenvalue weighted by Crippen LogP contribution is 2.17. The fraction of sp³-hybridized carbons (Fsp3) is 0.855. The molecule has 0 aromatic heterocycles. The monoisotopic (exact) mass is 955 g/mol. The highest BCUT2D eigenvalue weighted by Gasteiger charge is 2.19. The molecule has 0 aromatic carbocycles. The summed E-state index contributed by atoms with van der Waals surface area (Å²) in [5.74, 6) is -0.883. The van der Waals surface area contributed by atoms with Crippen LogP contribution in [0.1, 0.15) is 323 Å². The Hall–Kier alpha value is -2.37. The number of hydrogen-bond acceptors (Lipinski definition) is 6. The van der Waals surface area contributed by atoms with Crippen LogP contribution in [-0.4, -0.2) is 37.2 Å². The van der Waals surface area contributed by atoms with Crippen molar-refractivity contribution in [3.63, 3.8) is 0 Å². The lowest BCUT2D eigenvalue weighted by Crippen LogP contribution is -2.30. The molecular weight excluding hydrogens is 841 g/mol. The number of carbonyl (C=O) groups is 3. The molecule has 0 bridgehead atoms. The first-order chi connectivity index (χ1) is 33.5. The maximum absolute atomic E-state index is 12.8. The third-order valence-corrected chi connectivity index (χ3v) is 13.4. The Morgan fingerprint density at radius 2 is 0.529 bits per heavy atom. The highest BCUT2D eigenvalue weighted by molar-refractivity contribution is 5.71. The topological polar surface area (TPSA) is 78.9 Å². The van der Waals surface area contributed by atoms with Crippen LogP contribution >= 0.6 is 0 Å². The van der Waals surface area contributed by atoms with Gasteiger partial charge >= 0.3 is 17.9 Å². The highest BCUT2D eigenvalue weighted by atomic mass is 16.6. The predicted molar refractivity (Wildman–Crippen MR) is 293 cm³/mol. The third-order valence-electron chi connectivity index (χ3n) is 13.4. The molecule has 0 rings (SSSR count). The second-order valence-corrected chi connectivity index (χ2v) is 20.3. The molecule has 1 atom stereocenters. The number of rotatable bonds is 55. The largest absolute Gasteiger partial charge is 0.462 e. The van der Waals surface area contributed by atoms with Gasteiger partial charge in [-0.1, -0.05) is 263 Å². The molecule has 0 radical (unpaired) electrons. The molecule has 0 aliphatic rings. The number of carbonyl (C=O) groups excluding carboxylic acids is 3. The molecule has 0 aromatic rings. The van der Waals surface area contributed by atoms with Gasteiger partial charge in [-0.15, -0.1) is 0 Å². The van der Waals surface area contributed by atoms with Crippen molar-refractivity contribution in [3.05, 3.63) is 36.5 Å². The molecule has 0 heterocycles. The van der Waals surface area contributed by atoms with Crippen LogP contribution in [0, 0.1) is 0 Å². The van der Waals surface area contributed by atoms with Gasteiger partial charge in [-0.05, 0) is 77.0 Å². The smallest absolute Gasteiger partial charge is 0.306 e. The SMILES string of the molecule is CCCCC/C=C\C/C=C\CCCCCCCC(=O)OC(COC(=O)CCCCCCC/C=C\CCCCC)COC(=O)CCCCCCCCCCCCCCCCCCCCCCCCC. The van der Waals surface area contributed by atoms with Crippen LogP contribution in [0.15, 0.2) is 36.5 Å². The van der Waals surface area contributed by atoms with E-state index in [9.17, 15) is 14.4 Å². The van der Waals surface area contributed by atoms with E-state index in [1.54, 1.807) is 0 Å². The van der Waals surface area contributed by atoms with Crippen molar-refractivity contribution in [1.29, 1.82) is 0 Å². The number of allylic oxidation sites excluding steroid dienone is 6. The fourth-order valence-electron chi connectivity index (χ4n) is 8.82. The maximum Gasteiger partial charge on any atom is 0.306 e. The first-order valence-corrected chi connectivity index (χ1v) is 30.0. The van der Waals surface area contributed by atoms with Crippen molar-refractivity contribution in [1.82, 2.24) is 0 Å². The van der Waals surface area contributed by atoms with Crippen molar-refractivity contribution < 1.29 is 28.6 Å². The van der Waals surface area contributed by atoms with Gasteiger partial charge in [-0.25, -0.2) is 0 Å². The Morgan fingerprint density at radius 3 is 0.853 bits per heavy atom. The zero-order valence-electron chi connectivity index (χ0n) is 45.6. The van der Waals surface area contributed by atoms with E-state index in [1.807, 2.05) is 0 Å². The van der Waals surface area contributed by atoms with E-state index in [2.05, 4.69) is 57.2 Å². The van der Waals surface area contributed by atoms with Gasteiger partial charge in [-0.3, -0.25) is 14.4 Å². The van der Waals surface area contributed by atoms with Crippen molar-refractivity contribution in [3.8, 4) is 0 Å². The van der Waals surface area contributed by atoms with Gasteiger partial charge in [0.1, 0.15) is 13.2 Å². The summed E-state index contributed by atoms with van der Waals surface area (Å²) in [5.41, 5.74) is 0. The van der Waals surface area contributed by atoms with Gasteiger partial charge < -0.3 is 14.2 Å². The molecule has 68 heavy (non-hydrogen) atoms. The van der Waals surface area contributed by atoms with Crippen LogP contribution in [-0.2, 0) is 28.6 Å². The Balaban J connectivity index is 4.25. The van der Waals surface area contributed by atoms with Gasteiger partial charge in [0, 0.05) is 19.3 Å². The third kappa shape index (κ3) is 54.6. The van der Waals surface area contributed by atoms with Crippen LogP contribution in [0.4, 0.5) is 0 Å². The van der Waals surface area contributed by atoms with Crippen LogP contribution < -0.4 is 0 Å². The van der Waals surface area contributed by atoms with Crippen LogP contribution in [0.5, 0.6) is 0 Å². The summed E-state index contributed by atoms with van der Waals surface area (Å²) in [4.78, 5) is 38.1. The van der Waals surface area contributed by atoms with Crippen LogP contribution in [0.3, 0.4) is 0 Å². The van der Waals surface area contributed by atoms with Gasteiger partial charge in [-0.2, -0.15) is 0 Å². The first kappa shape index (κ1) is 65.6. The van der Waals surface area contributed by atoms with Gasteiger partial charge in [0.15, 0.2) is 6.10 Å². The molecular formula is C62H114O6. The number of ether oxygens (including phenoxy) is 3. The standard InChI is InChI=1S/C62H114O6/c1-4-7-10-13-16-19-22-25-27-28-29-30-31-32-33-34-36-37-40-43-46-49-52-55-61(64)67-58-59(57-66-60(63)54-51-48-45-42-39-24-21-18-15-12-9-6-3)68-62(65)56-53-50-47-44-41-38-35-26-23-20-17-14-11-8-5-2/h17-18,20-21,26,35,59H,4-16,19,22-25,27-34,36-58H2,1-3H3/b20-17-,21-18-,35-26-. The lowest BCUT2D eigenvalue weighted by molar-refractivity contribution is -0.167. The summed E-state index contributed by atoms with van der Waals surface area (Å²) in [6.07, 6.45) is 68.6. The van der Waals surface area contributed by atoms with E-state index >= 15 is 0 Å². The van der Waals surface area contributed by atoms with E-state index in [0.29, 0.717) is 19.3 Å². The molecule has 0 fully saturated rings. The van der Waals surface area contributed by atoms with E-state index < -0.39 is 6.10 Å². The minimum Gasteiger partial charge on any atom is -0.462 e. The second-order valence-electron chi connectivity index (χ2n) is 20.3. The zero-order chi connectivity index (χ0) is 49.3. The quantitative estimate of drug-likeness (QED) is 0.0262. The summed E-state index contributed by atoms with van der Waals surface area (Å²) in [6.45, 7) is 6.61. The van der Waals surface area contributed by atoms with E-state index in [0.717, 1.165) is 89.9 Å². The van der Waals surface area contributed by atoms with Gasteiger partial charge in [0.25, 0.3) is 0 Å². The summed E-state index contributed by atoms with van der Waals surface area (Å²) in [6, 6.07) is 0. The molecule has 0 saturated heterocycles. The summed E-state index contributed by atoms with van der Waals surface area (Å²) in [5, 5.41) is 0. The average molecular weight is 956 g/mol. The van der Waals surface area contributed by atoms with E-state index in [1.165, 1.54) is 193 Å². The Kier molecular flexibility index (Phi) is 55.2. The number of hydrogen-bond donors (Lipinski definition) is 0. The van der Waals surface area contributed by atoms with Gasteiger partial charge in [0.05, 0.1) is 0 Å². The van der Waals surface area contributed by atoms with Gasteiger partial charge in [0.2, 0.25) is 0 Å². The molecule has 0 N–H and O–H groups in total. The van der Waals surface area contributed by atoms with Crippen molar-refractivity contribution in [2.75, 3.05) is 13.2 Å². The average Bonchev–Trinajstić information content (AvgIpc) is 3.34. The predicted octanol–water partition coefficient (Wildman–Crippen LogP) is 20.0. The molecule has 0 saturated carbocycles. The lowest BCUT2D eigenvalue weighted by atomic mass is 10.0.